The highest BCUT2D eigenvalue weighted by Gasteiger charge is 2.24. The Bertz CT molecular complexity index is 925. The molecule has 2 heterocycles. The number of pyridine rings is 1. The molecule has 0 unspecified atom stereocenters. The molecule has 0 aliphatic carbocycles. The van der Waals surface area contributed by atoms with Gasteiger partial charge in [-0.15, -0.1) is 0 Å². The van der Waals surface area contributed by atoms with Crippen molar-refractivity contribution in [1.82, 2.24) is 9.38 Å². The Morgan fingerprint density at radius 1 is 1.18 bits per heavy atom. The number of hydrogen-bond acceptors (Lipinski definition) is 5. The van der Waals surface area contributed by atoms with E-state index in [0.717, 1.165) is 16.2 Å². The molecule has 0 atom stereocenters. The fourth-order valence-corrected chi connectivity index (χ4v) is 2.92. The van der Waals surface area contributed by atoms with Crippen molar-refractivity contribution in [1.29, 1.82) is 0 Å². The third kappa shape index (κ3) is 2.68. The second-order valence-electron chi connectivity index (χ2n) is 4.31. The molecule has 0 aliphatic rings. The first kappa shape index (κ1) is 14.6. The molecule has 3 aromatic rings. The maximum Gasteiger partial charge on any atom is 0.366 e. The lowest BCUT2D eigenvalue weighted by molar-refractivity contribution is -0.389. The summed E-state index contributed by atoms with van der Waals surface area (Å²) in [7, 11) is 0. The van der Waals surface area contributed by atoms with Crippen LogP contribution in [0.15, 0.2) is 63.4 Å². The average molecular weight is 334 g/mol. The van der Waals surface area contributed by atoms with Crippen molar-refractivity contribution in [3.05, 3.63) is 74.2 Å². The Kier molecular flexibility index (Phi) is 3.82. The van der Waals surface area contributed by atoms with Crippen LogP contribution in [0.2, 0.25) is 5.02 Å². The minimum absolute atomic E-state index is 0.0588. The Morgan fingerprint density at radius 3 is 2.59 bits per heavy atom. The number of hydrogen-bond donors (Lipinski definition) is 0. The highest BCUT2D eigenvalue weighted by Crippen LogP contribution is 2.32. The smallest absolute Gasteiger partial charge is 0.262 e. The van der Waals surface area contributed by atoms with Crippen LogP contribution in [0, 0.1) is 10.1 Å². The number of fused-ring (bicyclic) bond motifs is 1. The van der Waals surface area contributed by atoms with Crippen molar-refractivity contribution in [3.63, 3.8) is 0 Å². The molecule has 110 valence electrons. The van der Waals surface area contributed by atoms with Gasteiger partial charge in [-0.05, 0) is 36.4 Å². The maximum absolute atomic E-state index is 12.3. The zero-order chi connectivity index (χ0) is 15.7. The molecule has 0 N–H and O–H groups in total. The second kappa shape index (κ2) is 5.78. The molecule has 2 aromatic heterocycles. The van der Waals surface area contributed by atoms with Gasteiger partial charge >= 0.3 is 11.2 Å². The molecule has 1 aromatic carbocycles. The highest BCUT2D eigenvalue weighted by atomic mass is 35.5. The molecule has 0 radical (unpaired) electrons. The largest absolute Gasteiger partial charge is 0.366 e. The monoisotopic (exact) mass is 333 g/mol. The Balaban J connectivity index is 2.19. The van der Waals surface area contributed by atoms with E-state index in [1.165, 1.54) is 6.20 Å². The van der Waals surface area contributed by atoms with E-state index in [-0.39, 0.29) is 5.03 Å². The van der Waals surface area contributed by atoms with Gasteiger partial charge in [-0.2, -0.15) is 0 Å². The summed E-state index contributed by atoms with van der Waals surface area (Å²) >= 11 is 6.87. The van der Waals surface area contributed by atoms with Gasteiger partial charge in [0.15, 0.2) is 5.03 Å². The first-order chi connectivity index (χ1) is 10.6. The quantitative estimate of drug-likeness (QED) is 0.417. The van der Waals surface area contributed by atoms with Crippen LogP contribution < -0.4 is 5.56 Å². The van der Waals surface area contributed by atoms with E-state index in [4.69, 9.17) is 11.6 Å². The van der Waals surface area contributed by atoms with Gasteiger partial charge < -0.3 is 0 Å². The van der Waals surface area contributed by atoms with Gasteiger partial charge in [0.1, 0.15) is 5.65 Å². The van der Waals surface area contributed by atoms with Gasteiger partial charge in [-0.25, -0.2) is 4.98 Å². The van der Waals surface area contributed by atoms with Crippen LogP contribution in [0.25, 0.3) is 5.65 Å². The zero-order valence-corrected chi connectivity index (χ0v) is 12.5. The van der Waals surface area contributed by atoms with E-state index in [1.54, 1.807) is 42.5 Å². The summed E-state index contributed by atoms with van der Waals surface area (Å²) in [4.78, 5) is 27.8. The molecule has 0 spiro atoms. The van der Waals surface area contributed by atoms with Crippen LogP contribution in [0.4, 0.5) is 5.69 Å². The lowest BCUT2D eigenvalue weighted by Crippen LogP contribution is -2.19. The van der Waals surface area contributed by atoms with Crippen molar-refractivity contribution < 1.29 is 4.92 Å². The lowest BCUT2D eigenvalue weighted by Gasteiger charge is -2.05. The molecule has 8 heteroatoms. The first-order valence-electron chi connectivity index (χ1n) is 6.15. The average Bonchev–Trinajstić information content (AvgIpc) is 2.49. The molecule has 0 amide bonds. The summed E-state index contributed by atoms with van der Waals surface area (Å²) in [5.41, 5.74) is -0.884. The number of aromatic nitrogens is 2. The van der Waals surface area contributed by atoms with E-state index in [9.17, 15) is 14.9 Å². The van der Waals surface area contributed by atoms with Gasteiger partial charge in [-0.1, -0.05) is 29.4 Å². The van der Waals surface area contributed by atoms with Crippen LogP contribution in [-0.2, 0) is 0 Å². The topological polar surface area (TPSA) is 77.5 Å². The minimum atomic E-state index is -0.702. The van der Waals surface area contributed by atoms with Gasteiger partial charge in [0.25, 0.3) is 0 Å². The van der Waals surface area contributed by atoms with Crippen molar-refractivity contribution >= 4 is 34.7 Å². The fraction of sp³-hybridized carbons (Fsp3) is 0. The normalized spacial score (nSPS) is 10.8. The molecule has 6 nitrogen and oxygen atoms in total. The Morgan fingerprint density at radius 2 is 1.91 bits per heavy atom. The van der Waals surface area contributed by atoms with Crippen LogP contribution in [0.1, 0.15) is 0 Å². The van der Waals surface area contributed by atoms with Crippen molar-refractivity contribution in [2.24, 2.45) is 0 Å². The fourth-order valence-electron chi connectivity index (χ4n) is 1.90. The Labute approximate surface area is 133 Å². The zero-order valence-electron chi connectivity index (χ0n) is 11.0. The van der Waals surface area contributed by atoms with Crippen molar-refractivity contribution in [2.45, 2.75) is 9.92 Å². The number of benzene rings is 1. The SMILES string of the molecule is O=c1c([N+](=O)[O-])c(Sc2ccc(Cl)cc2)nc2ccccn12. The molecule has 0 bridgehead atoms. The number of rotatable bonds is 3. The molecule has 0 saturated carbocycles. The Hall–Kier alpha value is -2.38. The minimum Gasteiger partial charge on any atom is -0.262 e. The summed E-state index contributed by atoms with van der Waals surface area (Å²) in [6.07, 6.45) is 1.45. The van der Waals surface area contributed by atoms with Gasteiger partial charge in [0.05, 0.1) is 4.92 Å². The molecular weight excluding hydrogens is 326 g/mol. The third-order valence-electron chi connectivity index (χ3n) is 2.89. The van der Waals surface area contributed by atoms with Crippen molar-refractivity contribution in [3.8, 4) is 0 Å². The van der Waals surface area contributed by atoms with E-state index in [2.05, 4.69) is 4.98 Å². The third-order valence-corrected chi connectivity index (χ3v) is 4.13. The van der Waals surface area contributed by atoms with E-state index in [1.807, 2.05) is 0 Å². The summed E-state index contributed by atoms with van der Waals surface area (Å²) < 4.78 is 1.16. The lowest BCUT2D eigenvalue weighted by atomic mass is 10.4. The molecule has 0 aliphatic heterocycles. The molecule has 0 fully saturated rings. The van der Waals surface area contributed by atoms with Crippen molar-refractivity contribution in [2.75, 3.05) is 0 Å². The summed E-state index contributed by atoms with van der Waals surface area (Å²) in [6.45, 7) is 0. The van der Waals surface area contributed by atoms with E-state index < -0.39 is 16.2 Å². The summed E-state index contributed by atoms with van der Waals surface area (Å²) in [6, 6.07) is 11.7. The second-order valence-corrected chi connectivity index (χ2v) is 5.81. The van der Waals surface area contributed by atoms with Crippen LogP contribution in [0.3, 0.4) is 0 Å². The standard InChI is InChI=1S/C14H8ClN3O3S/c15-9-4-6-10(7-5-9)22-13-12(18(20)21)14(19)17-8-2-1-3-11(17)16-13/h1-8H. The highest BCUT2D eigenvalue weighted by molar-refractivity contribution is 7.99. The van der Waals surface area contributed by atoms with E-state index in [0.29, 0.717) is 15.6 Å². The number of nitro groups is 1. The van der Waals surface area contributed by atoms with Crippen LogP contribution >= 0.6 is 23.4 Å². The molecule has 0 saturated heterocycles. The van der Waals surface area contributed by atoms with Gasteiger partial charge in [0.2, 0.25) is 0 Å². The number of nitrogens with zero attached hydrogens (tertiary/aromatic N) is 3. The molecule has 3 rings (SSSR count). The van der Waals surface area contributed by atoms with E-state index >= 15 is 0 Å². The summed E-state index contributed by atoms with van der Waals surface area (Å²) in [5, 5.41) is 11.9. The molecule has 22 heavy (non-hydrogen) atoms. The first-order valence-corrected chi connectivity index (χ1v) is 7.35. The van der Waals surface area contributed by atoms with Gasteiger partial charge in [0, 0.05) is 16.1 Å². The predicted molar refractivity (Wildman–Crippen MR) is 83.7 cm³/mol. The van der Waals surface area contributed by atoms with Crippen LogP contribution in [-0.4, -0.2) is 14.3 Å². The summed E-state index contributed by atoms with van der Waals surface area (Å²) in [5.74, 6) is 0. The van der Waals surface area contributed by atoms with Crippen LogP contribution in [0.5, 0.6) is 0 Å². The van der Waals surface area contributed by atoms with Gasteiger partial charge in [-0.3, -0.25) is 19.3 Å². The molecular formula is C14H8ClN3O3S. The maximum atomic E-state index is 12.3. The predicted octanol–water partition coefficient (Wildman–Crippen LogP) is 3.41. The number of halogens is 1.